The molecule has 2 aromatic rings. The number of carbonyl (C=O) groups is 1. The molecule has 0 aliphatic heterocycles. The van der Waals surface area contributed by atoms with Crippen molar-refractivity contribution in [1.29, 1.82) is 0 Å². The first kappa shape index (κ1) is 12.9. The molecule has 0 spiro atoms. The van der Waals surface area contributed by atoms with E-state index >= 15 is 0 Å². The standard InChI is InChI=1S/C16H19N3O/c20-16(18-13-8-9-13)6-3-11-17-15-10-7-12-4-1-2-5-14(12)19-15/h1-2,4-5,7,10,13H,3,6,8-9,11H2,(H,17,19)(H,18,20). The molecule has 0 atom stereocenters. The summed E-state index contributed by atoms with van der Waals surface area (Å²) in [7, 11) is 0. The Hall–Kier alpha value is -2.10. The highest BCUT2D eigenvalue weighted by Crippen LogP contribution is 2.18. The number of para-hydroxylation sites is 1. The zero-order valence-electron chi connectivity index (χ0n) is 11.4. The Kier molecular flexibility index (Phi) is 3.81. The Balaban J connectivity index is 1.45. The smallest absolute Gasteiger partial charge is 0.220 e. The van der Waals surface area contributed by atoms with E-state index in [9.17, 15) is 4.79 Å². The minimum Gasteiger partial charge on any atom is -0.370 e. The largest absolute Gasteiger partial charge is 0.370 e. The van der Waals surface area contributed by atoms with E-state index in [1.807, 2.05) is 30.3 Å². The first-order valence-corrected chi connectivity index (χ1v) is 7.20. The molecule has 4 heteroatoms. The van der Waals surface area contributed by atoms with Crippen LogP contribution in [0.4, 0.5) is 5.82 Å². The van der Waals surface area contributed by atoms with Gasteiger partial charge in [-0.2, -0.15) is 0 Å². The third kappa shape index (κ3) is 3.47. The summed E-state index contributed by atoms with van der Waals surface area (Å²) in [5.74, 6) is 1.03. The van der Waals surface area contributed by atoms with E-state index in [1.165, 1.54) is 0 Å². The third-order valence-corrected chi connectivity index (χ3v) is 3.43. The summed E-state index contributed by atoms with van der Waals surface area (Å²) in [6.45, 7) is 0.767. The van der Waals surface area contributed by atoms with Gasteiger partial charge in [-0.05, 0) is 37.5 Å². The quantitative estimate of drug-likeness (QED) is 0.793. The monoisotopic (exact) mass is 269 g/mol. The molecule has 3 rings (SSSR count). The molecule has 20 heavy (non-hydrogen) atoms. The second-order valence-corrected chi connectivity index (χ2v) is 5.26. The minimum atomic E-state index is 0.167. The highest BCUT2D eigenvalue weighted by atomic mass is 16.1. The molecule has 0 radical (unpaired) electrons. The number of hydrogen-bond acceptors (Lipinski definition) is 3. The zero-order chi connectivity index (χ0) is 13.8. The Bertz CT molecular complexity index is 607. The van der Waals surface area contributed by atoms with Gasteiger partial charge in [-0.1, -0.05) is 18.2 Å². The van der Waals surface area contributed by atoms with Crippen LogP contribution in [0.3, 0.4) is 0 Å². The van der Waals surface area contributed by atoms with Gasteiger partial charge in [-0.25, -0.2) is 4.98 Å². The summed E-state index contributed by atoms with van der Waals surface area (Å²) in [6, 6.07) is 12.5. The van der Waals surface area contributed by atoms with Crippen molar-refractivity contribution in [2.24, 2.45) is 0 Å². The van der Waals surface area contributed by atoms with Gasteiger partial charge in [-0.15, -0.1) is 0 Å². The van der Waals surface area contributed by atoms with Gasteiger partial charge in [0.2, 0.25) is 5.91 Å². The van der Waals surface area contributed by atoms with Gasteiger partial charge in [0.15, 0.2) is 0 Å². The van der Waals surface area contributed by atoms with Crippen LogP contribution in [0.2, 0.25) is 0 Å². The maximum absolute atomic E-state index is 11.5. The lowest BCUT2D eigenvalue weighted by molar-refractivity contribution is -0.121. The number of anilines is 1. The van der Waals surface area contributed by atoms with E-state index in [0.29, 0.717) is 12.5 Å². The second-order valence-electron chi connectivity index (χ2n) is 5.26. The lowest BCUT2D eigenvalue weighted by Gasteiger charge is -2.07. The van der Waals surface area contributed by atoms with Crippen LogP contribution in [0.15, 0.2) is 36.4 Å². The summed E-state index contributed by atoms with van der Waals surface area (Å²) in [5, 5.41) is 7.40. The number of nitrogens with one attached hydrogen (secondary N) is 2. The molecule has 1 aromatic carbocycles. The van der Waals surface area contributed by atoms with Crippen LogP contribution in [0.25, 0.3) is 10.9 Å². The normalized spacial score (nSPS) is 14.2. The number of aromatic nitrogens is 1. The van der Waals surface area contributed by atoms with Crippen molar-refractivity contribution in [3.63, 3.8) is 0 Å². The van der Waals surface area contributed by atoms with Crippen molar-refractivity contribution in [1.82, 2.24) is 10.3 Å². The Labute approximate surface area is 118 Å². The van der Waals surface area contributed by atoms with Gasteiger partial charge in [-0.3, -0.25) is 4.79 Å². The predicted octanol–water partition coefficient (Wildman–Crippen LogP) is 2.71. The maximum atomic E-state index is 11.5. The summed E-state index contributed by atoms with van der Waals surface area (Å²) in [6.07, 6.45) is 3.69. The molecule has 2 N–H and O–H groups in total. The first-order chi connectivity index (χ1) is 9.81. The first-order valence-electron chi connectivity index (χ1n) is 7.20. The van der Waals surface area contributed by atoms with Crippen molar-refractivity contribution in [3.05, 3.63) is 36.4 Å². The van der Waals surface area contributed by atoms with Crippen LogP contribution < -0.4 is 10.6 Å². The summed E-state index contributed by atoms with van der Waals surface area (Å²) in [5.41, 5.74) is 0.990. The van der Waals surface area contributed by atoms with E-state index in [1.54, 1.807) is 0 Å². The molecule has 1 fully saturated rings. The molecule has 1 amide bonds. The number of hydrogen-bond donors (Lipinski definition) is 2. The van der Waals surface area contributed by atoms with Crippen LogP contribution >= 0.6 is 0 Å². The van der Waals surface area contributed by atoms with Crippen molar-refractivity contribution in [2.45, 2.75) is 31.7 Å². The van der Waals surface area contributed by atoms with Gasteiger partial charge >= 0.3 is 0 Å². The summed E-state index contributed by atoms with van der Waals surface area (Å²) < 4.78 is 0. The third-order valence-electron chi connectivity index (χ3n) is 3.43. The van der Waals surface area contributed by atoms with Gasteiger partial charge in [0.25, 0.3) is 0 Å². The lowest BCUT2D eigenvalue weighted by Crippen LogP contribution is -2.25. The predicted molar refractivity (Wildman–Crippen MR) is 80.6 cm³/mol. The van der Waals surface area contributed by atoms with Crippen molar-refractivity contribution >= 4 is 22.6 Å². The molecule has 1 saturated carbocycles. The number of carbonyl (C=O) groups excluding carboxylic acids is 1. The van der Waals surface area contributed by atoms with Crippen LogP contribution in [-0.4, -0.2) is 23.5 Å². The van der Waals surface area contributed by atoms with E-state index in [2.05, 4.69) is 21.7 Å². The molecule has 4 nitrogen and oxygen atoms in total. The Morgan fingerprint density at radius 1 is 1.20 bits per heavy atom. The number of fused-ring (bicyclic) bond motifs is 1. The number of pyridine rings is 1. The molecule has 1 aliphatic rings. The average molecular weight is 269 g/mol. The van der Waals surface area contributed by atoms with Crippen LogP contribution in [-0.2, 0) is 4.79 Å². The fraction of sp³-hybridized carbons (Fsp3) is 0.375. The van der Waals surface area contributed by atoms with Gasteiger partial charge in [0.1, 0.15) is 5.82 Å². The summed E-state index contributed by atoms with van der Waals surface area (Å²) in [4.78, 5) is 16.1. The molecule has 104 valence electrons. The number of benzene rings is 1. The summed E-state index contributed by atoms with van der Waals surface area (Å²) >= 11 is 0. The highest BCUT2D eigenvalue weighted by molar-refractivity contribution is 5.80. The molecule has 1 aliphatic carbocycles. The number of rotatable bonds is 6. The average Bonchev–Trinajstić information content (AvgIpc) is 3.27. The zero-order valence-corrected chi connectivity index (χ0v) is 11.4. The topological polar surface area (TPSA) is 54.0 Å². The molecule has 0 bridgehead atoms. The van der Waals surface area contributed by atoms with E-state index in [4.69, 9.17) is 0 Å². The number of amides is 1. The van der Waals surface area contributed by atoms with E-state index < -0.39 is 0 Å². The molecule has 1 heterocycles. The lowest BCUT2D eigenvalue weighted by atomic mass is 10.2. The molecular weight excluding hydrogens is 250 g/mol. The van der Waals surface area contributed by atoms with Crippen LogP contribution in [0.5, 0.6) is 0 Å². The van der Waals surface area contributed by atoms with Crippen molar-refractivity contribution in [3.8, 4) is 0 Å². The maximum Gasteiger partial charge on any atom is 0.220 e. The SMILES string of the molecule is O=C(CCCNc1ccc2ccccc2n1)NC1CC1. The highest BCUT2D eigenvalue weighted by Gasteiger charge is 2.22. The van der Waals surface area contributed by atoms with Crippen LogP contribution in [0.1, 0.15) is 25.7 Å². The van der Waals surface area contributed by atoms with E-state index in [-0.39, 0.29) is 5.91 Å². The second kappa shape index (κ2) is 5.90. The van der Waals surface area contributed by atoms with Gasteiger partial charge in [0, 0.05) is 24.4 Å². The Morgan fingerprint density at radius 3 is 2.90 bits per heavy atom. The van der Waals surface area contributed by atoms with Crippen molar-refractivity contribution < 1.29 is 4.79 Å². The molecular formula is C16H19N3O. The van der Waals surface area contributed by atoms with Crippen molar-refractivity contribution in [2.75, 3.05) is 11.9 Å². The Morgan fingerprint density at radius 2 is 2.05 bits per heavy atom. The minimum absolute atomic E-state index is 0.167. The molecule has 0 unspecified atom stereocenters. The van der Waals surface area contributed by atoms with Gasteiger partial charge < -0.3 is 10.6 Å². The van der Waals surface area contributed by atoms with E-state index in [0.717, 1.165) is 42.5 Å². The molecule has 0 saturated heterocycles. The van der Waals surface area contributed by atoms with Gasteiger partial charge in [0.05, 0.1) is 5.52 Å². The molecule has 1 aromatic heterocycles. The number of nitrogens with zero attached hydrogens (tertiary/aromatic N) is 1. The fourth-order valence-electron chi connectivity index (χ4n) is 2.16. The van der Waals surface area contributed by atoms with Crippen LogP contribution in [0, 0.1) is 0 Å². The fourth-order valence-corrected chi connectivity index (χ4v) is 2.16.